The summed E-state index contributed by atoms with van der Waals surface area (Å²) in [5.74, 6) is 1.01. The third kappa shape index (κ3) is 3.30. The highest BCUT2D eigenvalue weighted by molar-refractivity contribution is 5.69. The van der Waals surface area contributed by atoms with E-state index in [9.17, 15) is 4.79 Å². The Hall–Kier alpha value is -1.89. The number of carbonyl (C=O) groups is 1. The number of fused-ring (bicyclic) bond motifs is 1. The lowest BCUT2D eigenvalue weighted by Crippen LogP contribution is -2.60. The summed E-state index contributed by atoms with van der Waals surface area (Å²) in [6, 6.07) is 0.113. The van der Waals surface area contributed by atoms with Crippen molar-refractivity contribution in [2.75, 3.05) is 24.5 Å². The van der Waals surface area contributed by atoms with Gasteiger partial charge in [0.25, 0.3) is 0 Å². The number of aromatic nitrogens is 2. The van der Waals surface area contributed by atoms with Crippen LogP contribution >= 0.6 is 0 Å². The molecular weight excluding hydrogens is 282 g/mol. The molecule has 2 aliphatic rings. The van der Waals surface area contributed by atoms with Crippen molar-refractivity contribution in [1.82, 2.24) is 20.6 Å². The summed E-state index contributed by atoms with van der Waals surface area (Å²) in [5.41, 5.74) is 1.85. The Morgan fingerprint density at radius 3 is 2.91 bits per heavy atom. The lowest BCUT2D eigenvalue weighted by Gasteiger charge is -2.41. The molecule has 0 unspecified atom stereocenters. The summed E-state index contributed by atoms with van der Waals surface area (Å²) < 4.78 is 5.27. The second-order valence-corrected chi connectivity index (χ2v) is 6.80. The van der Waals surface area contributed by atoms with Gasteiger partial charge in [-0.25, -0.2) is 14.8 Å². The van der Waals surface area contributed by atoms with Crippen molar-refractivity contribution < 1.29 is 9.53 Å². The Morgan fingerprint density at radius 1 is 1.41 bits per heavy atom. The first-order valence-corrected chi connectivity index (χ1v) is 7.70. The monoisotopic (exact) mass is 305 g/mol. The van der Waals surface area contributed by atoms with Crippen LogP contribution in [0.4, 0.5) is 10.6 Å². The van der Waals surface area contributed by atoms with Gasteiger partial charge in [0.15, 0.2) is 0 Å². The fraction of sp³-hybridized carbons (Fsp3) is 0.667. The molecule has 0 radical (unpaired) electrons. The van der Waals surface area contributed by atoms with Crippen molar-refractivity contribution in [2.45, 2.75) is 45.4 Å². The zero-order chi connectivity index (χ0) is 15.7. The minimum atomic E-state index is -0.466. The first-order chi connectivity index (χ1) is 10.4. The SMILES string of the molecule is CC(C)(C)OC(=O)NC1CN(c2ncnc3c2CCNC3)C1. The molecule has 2 aliphatic heterocycles. The molecule has 2 N–H and O–H groups in total. The van der Waals surface area contributed by atoms with Gasteiger partial charge in [-0.1, -0.05) is 0 Å². The molecule has 1 saturated heterocycles. The largest absolute Gasteiger partial charge is 0.444 e. The maximum Gasteiger partial charge on any atom is 0.407 e. The van der Waals surface area contributed by atoms with Crippen LogP contribution in [0.5, 0.6) is 0 Å². The minimum Gasteiger partial charge on any atom is -0.444 e. The van der Waals surface area contributed by atoms with E-state index in [2.05, 4.69) is 25.5 Å². The van der Waals surface area contributed by atoms with Crippen molar-refractivity contribution >= 4 is 11.9 Å². The van der Waals surface area contributed by atoms with Gasteiger partial charge in [-0.15, -0.1) is 0 Å². The number of anilines is 1. The number of rotatable bonds is 2. The molecule has 0 aliphatic carbocycles. The Morgan fingerprint density at radius 2 is 2.18 bits per heavy atom. The molecule has 0 saturated carbocycles. The normalized spacial score (nSPS) is 18.4. The van der Waals surface area contributed by atoms with Crippen LogP contribution in [-0.4, -0.2) is 47.3 Å². The zero-order valence-electron chi connectivity index (χ0n) is 13.3. The molecule has 3 rings (SSSR count). The van der Waals surface area contributed by atoms with Crippen LogP contribution in [0.3, 0.4) is 0 Å². The van der Waals surface area contributed by atoms with Crippen LogP contribution in [0, 0.1) is 0 Å². The lowest BCUT2D eigenvalue weighted by atomic mass is 10.0. The van der Waals surface area contributed by atoms with Gasteiger partial charge in [0, 0.05) is 25.2 Å². The lowest BCUT2D eigenvalue weighted by molar-refractivity contribution is 0.0496. The van der Waals surface area contributed by atoms with Crippen LogP contribution in [0.2, 0.25) is 0 Å². The number of alkyl carbamates (subject to hydrolysis) is 1. The second-order valence-electron chi connectivity index (χ2n) is 6.80. The first kappa shape index (κ1) is 15.0. The third-order valence-corrected chi connectivity index (χ3v) is 3.76. The van der Waals surface area contributed by atoms with Crippen LogP contribution in [0.15, 0.2) is 6.33 Å². The van der Waals surface area contributed by atoms with Gasteiger partial charge in [-0.2, -0.15) is 0 Å². The van der Waals surface area contributed by atoms with Crippen molar-refractivity contribution in [2.24, 2.45) is 0 Å². The molecular formula is C15H23N5O2. The van der Waals surface area contributed by atoms with Crippen LogP contribution in [-0.2, 0) is 17.7 Å². The molecule has 0 atom stereocenters. The van der Waals surface area contributed by atoms with E-state index in [1.807, 2.05) is 20.8 Å². The molecule has 0 spiro atoms. The molecule has 1 aromatic rings. The Balaban J connectivity index is 1.57. The van der Waals surface area contributed by atoms with E-state index in [4.69, 9.17) is 4.74 Å². The van der Waals surface area contributed by atoms with Crippen LogP contribution < -0.4 is 15.5 Å². The predicted octanol–water partition coefficient (Wildman–Crippen LogP) is 0.836. The minimum absolute atomic E-state index is 0.113. The highest BCUT2D eigenvalue weighted by Gasteiger charge is 2.32. The molecule has 7 nitrogen and oxygen atoms in total. The second kappa shape index (κ2) is 5.72. The van der Waals surface area contributed by atoms with E-state index in [1.165, 1.54) is 5.56 Å². The van der Waals surface area contributed by atoms with Crippen molar-refractivity contribution in [3.63, 3.8) is 0 Å². The average Bonchev–Trinajstić information content (AvgIpc) is 2.40. The molecule has 1 aromatic heterocycles. The Bertz CT molecular complexity index is 564. The van der Waals surface area contributed by atoms with E-state index < -0.39 is 5.60 Å². The van der Waals surface area contributed by atoms with Gasteiger partial charge in [0.05, 0.1) is 11.7 Å². The fourth-order valence-electron chi connectivity index (χ4n) is 2.76. The molecule has 7 heteroatoms. The number of nitrogens with zero attached hydrogens (tertiary/aromatic N) is 3. The van der Waals surface area contributed by atoms with E-state index in [0.717, 1.165) is 44.1 Å². The molecule has 3 heterocycles. The first-order valence-electron chi connectivity index (χ1n) is 7.70. The summed E-state index contributed by atoms with van der Waals surface area (Å²) in [6.07, 6.45) is 2.22. The average molecular weight is 305 g/mol. The number of hydrogen-bond donors (Lipinski definition) is 2. The molecule has 0 aromatic carbocycles. The number of ether oxygens (including phenoxy) is 1. The van der Waals surface area contributed by atoms with E-state index in [-0.39, 0.29) is 12.1 Å². The maximum atomic E-state index is 11.8. The van der Waals surface area contributed by atoms with Crippen LogP contribution in [0.25, 0.3) is 0 Å². The van der Waals surface area contributed by atoms with Crippen molar-refractivity contribution in [3.05, 3.63) is 17.6 Å². The van der Waals surface area contributed by atoms with Gasteiger partial charge >= 0.3 is 6.09 Å². The third-order valence-electron chi connectivity index (χ3n) is 3.76. The summed E-state index contributed by atoms with van der Waals surface area (Å²) in [4.78, 5) is 22.7. The summed E-state index contributed by atoms with van der Waals surface area (Å²) >= 11 is 0. The predicted molar refractivity (Wildman–Crippen MR) is 82.8 cm³/mol. The molecule has 22 heavy (non-hydrogen) atoms. The molecule has 1 amide bonds. The van der Waals surface area contributed by atoms with Gasteiger partial charge < -0.3 is 20.3 Å². The molecule has 1 fully saturated rings. The van der Waals surface area contributed by atoms with Gasteiger partial charge in [0.2, 0.25) is 0 Å². The van der Waals surface area contributed by atoms with Crippen molar-refractivity contribution in [1.29, 1.82) is 0 Å². The Kier molecular flexibility index (Phi) is 3.90. The van der Waals surface area contributed by atoms with Gasteiger partial charge in [-0.05, 0) is 33.7 Å². The highest BCUT2D eigenvalue weighted by Crippen LogP contribution is 2.26. The van der Waals surface area contributed by atoms with E-state index in [0.29, 0.717) is 0 Å². The standard InChI is InChI=1S/C15H23N5O2/c1-15(2,3)22-14(21)19-10-7-20(8-10)13-11-4-5-16-6-12(11)17-9-18-13/h9-10,16H,4-8H2,1-3H3,(H,19,21). The van der Waals surface area contributed by atoms with E-state index in [1.54, 1.807) is 6.33 Å². The number of carbonyl (C=O) groups excluding carboxylic acids is 1. The summed E-state index contributed by atoms with van der Waals surface area (Å²) in [7, 11) is 0. The number of hydrogen-bond acceptors (Lipinski definition) is 6. The molecule has 0 bridgehead atoms. The Labute approximate surface area is 130 Å². The fourth-order valence-corrected chi connectivity index (χ4v) is 2.76. The topological polar surface area (TPSA) is 79.4 Å². The summed E-state index contributed by atoms with van der Waals surface area (Å²) in [6.45, 7) is 8.87. The zero-order valence-corrected chi connectivity index (χ0v) is 13.3. The summed E-state index contributed by atoms with van der Waals surface area (Å²) in [5, 5.41) is 6.21. The number of amides is 1. The van der Waals surface area contributed by atoms with E-state index >= 15 is 0 Å². The van der Waals surface area contributed by atoms with Crippen molar-refractivity contribution in [3.8, 4) is 0 Å². The highest BCUT2D eigenvalue weighted by atomic mass is 16.6. The van der Waals surface area contributed by atoms with Gasteiger partial charge in [0.1, 0.15) is 17.7 Å². The van der Waals surface area contributed by atoms with Crippen LogP contribution in [0.1, 0.15) is 32.0 Å². The smallest absolute Gasteiger partial charge is 0.407 e. The maximum absolute atomic E-state index is 11.8. The quantitative estimate of drug-likeness (QED) is 0.843. The molecule has 120 valence electrons. The number of nitrogens with one attached hydrogen (secondary N) is 2. The van der Waals surface area contributed by atoms with Gasteiger partial charge in [-0.3, -0.25) is 0 Å².